The summed E-state index contributed by atoms with van der Waals surface area (Å²) in [5, 5.41) is 0. The molecular formula is C28H29N3O2. The maximum Gasteiger partial charge on any atom is 0.270 e. The highest BCUT2D eigenvalue weighted by molar-refractivity contribution is 5.97. The van der Waals surface area contributed by atoms with E-state index in [1.54, 1.807) is 0 Å². The van der Waals surface area contributed by atoms with E-state index < -0.39 is 0 Å². The van der Waals surface area contributed by atoms with Crippen molar-refractivity contribution >= 4 is 23.1 Å². The Labute approximate surface area is 194 Å². The third kappa shape index (κ3) is 4.78. The van der Waals surface area contributed by atoms with Crippen molar-refractivity contribution in [3.63, 3.8) is 0 Å². The van der Waals surface area contributed by atoms with Gasteiger partial charge in [0.25, 0.3) is 5.91 Å². The molecular weight excluding hydrogens is 410 g/mol. The van der Waals surface area contributed by atoms with E-state index in [4.69, 9.17) is 4.42 Å². The molecule has 2 aromatic carbocycles. The van der Waals surface area contributed by atoms with Crippen LogP contribution in [-0.2, 0) is 6.54 Å². The molecule has 5 rings (SSSR count). The molecule has 5 heteroatoms. The molecule has 0 spiro atoms. The van der Waals surface area contributed by atoms with E-state index >= 15 is 0 Å². The molecule has 3 heterocycles. The van der Waals surface area contributed by atoms with Crippen LogP contribution in [0.5, 0.6) is 0 Å². The van der Waals surface area contributed by atoms with Gasteiger partial charge in [0.05, 0.1) is 5.52 Å². The minimum Gasteiger partial charge on any atom is -0.460 e. The van der Waals surface area contributed by atoms with Crippen molar-refractivity contribution in [2.75, 3.05) is 32.7 Å². The molecule has 33 heavy (non-hydrogen) atoms. The lowest BCUT2D eigenvalue weighted by Gasteiger charge is -2.34. The first kappa shape index (κ1) is 21.3. The van der Waals surface area contributed by atoms with Crippen molar-refractivity contribution in [3.05, 3.63) is 101 Å². The van der Waals surface area contributed by atoms with E-state index in [0.717, 1.165) is 55.1 Å². The number of furan rings is 1. The lowest BCUT2D eigenvalue weighted by Crippen LogP contribution is -2.49. The molecule has 0 radical (unpaired) electrons. The van der Waals surface area contributed by atoms with Crippen molar-refractivity contribution in [2.24, 2.45) is 0 Å². The van der Waals surface area contributed by atoms with E-state index in [1.165, 1.54) is 5.56 Å². The quantitative estimate of drug-likeness (QED) is 0.422. The second-order valence-corrected chi connectivity index (χ2v) is 8.61. The number of fused-ring (bicyclic) bond motifs is 1. The number of aromatic nitrogens is 1. The van der Waals surface area contributed by atoms with Crippen molar-refractivity contribution < 1.29 is 9.21 Å². The van der Waals surface area contributed by atoms with Gasteiger partial charge >= 0.3 is 0 Å². The van der Waals surface area contributed by atoms with Gasteiger partial charge in [0, 0.05) is 51.4 Å². The second-order valence-electron chi connectivity index (χ2n) is 8.61. The second kappa shape index (κ2) is 9.51. The number of aryl methyl sites for hydroxylation is 1. The monoisotopic (exact) mass is 439 g/mol. The van der Waals surface area contributed by atoms with Crippen LogP contribution in [0, 0.1) is 6.92 Å². The zero-order valence-corrected chi connectivity index (χ0v) is 19.0. The molecule has 0 bridgehead atoms. The highest BCUT2D eigenvalue weighted by Crippen LogP contribution is 2.26. The fourth-order valence-electron chi connectivity index (χ4n) is 4.48. The highest BCUT2D eigenvalue weighted by atomic mass is 16.3. The summed E-state index contributed by atoms with van der Waals surface area (Å²) in [7, 11) is 0. The first-order chi connectivity index (χ1) is 16.2. The van der Waals surface area contributed by atoms with Crippen LogP contribution in [0.25, 0.3) is 17.2 Å². The summed E-state index contributed by atoms with van der Waals surface area (Å²) in [5.74, 6) is 0.937. The van der Waals surface area contributed by atoms with Crippen LogP contribution in [-0.4, -0.2) is 53.0 Å². The number of rotatable bonds is 6. The number of piperazine rings is 1. The molecule has 2 aromatic heterocycles. The van der Waals surface area contributed by atoms with Crippen molar-refractivity contribution in [3.8, 4) is 0 Å². The lowest BCUT2D eigenvalue weighted by atomic mass is 10.2. The molecule has 1 saturated heterocycles. The SMILES string of the molecule is Cc1cc2c(cc(C(=O)N3CCN(C/C=C/c4ccccc4)CC3)n2Cc2ccccc2)o1. The highest BCUT2D eigenvalue weighted by Gasteiger charge is 2.26. The molecule has 0 aliphatic carbocycles. The summed E-state index contributed by atoms with van der Waals surface area (Å²) >= 11 is 0. The first-order valence-electron chi connectivity index (χ1n) is 11.5. The Hall–Kier alpha value is -3.57. The number of carbonyl (C=O) groups is 1. The number of hydrogen-bond donors (Lipinski definition) is 0. The van der Waals surface area contributed by atoms with Gasteiger partial charge in [0.2, 0.25) is 0 Å². The zero-order valence-electron chi connectivity index (χ0n) is 19.0. The molecule has 0 unspecified atom stereocenters. The number of carbonyl (C=O) groups excluding carboxylic acids is 1. The normalized spacial score (nSPS) is 15.0. The van der Waals surface area contributed by atoms with Crippen LogP contribution in [0.15, 0.2) is 83.3 Å². The Balaban J connectivity index is 1.27. The first-order valence-corrected chi connectivity index (χ1v) is 11.5. The van der Waals surface area contributed by atoms with E-state index in [1.807, 2.05) is 48.2 Å². The molecule has 1 aliphatic heterocycles. The summed E-state index contributed by atoms with van der Waals surface area (Å²) in [6.07, 6.45) is 4.36. The molecule has 1 aliphatic rings. The third-order valence-corrected chi connectivity index (χ3v) is 6.25. The van der Waals surface area contributed by atoms with E-state index in [-0.39, 0.29) is 5.91 Å². The minimum atomic E-state index is 0.0782. The predicted molar refractivity (Wildman–Crippen MR) is 132 cm³/mol. The number of hydrogen-bond acceptors (Lipinski definition) is 3. The van der Waals surface area contributed by atoms with Gasteiger partial charge in [-0.25, -0.2) is 0 Å². The minimum absolute atomic E-state index is 0.0782. The van der Waals surface area contributed by atoms with Crippen LogP contribution in [0.4, 0.5) is 0 Å². The van der Waals surface area contributed by atoms with E-state index in [2.05, 4.69) is 58.0 Å². The van der Waals surface area contributed by atoms with Crippen molar-refractivity contribution in [1.29, 1.82) is 0 Å². The molecule has 1 amide bonds. The Bertz CT molecular complexity index is 1250. The maximum absolute atomic E-state index is 13.5. The van der Waals surface area contributed by atoms with Crippen LogP contribution >= 0.6 is 0 Å². The standard InChI is InChI=1S/C28H29N3O2/c1-22-19-25-27(33-22)20-26(31(25)21-24-11-6-3-7-12-24)28(32)30-17-15-29(16-18-30)14-8-13-23-9-4-2-5-10-23/h2-13,19-20H,14-18,21H2,1H3/b13-8+. The van der Waals surface area contributed by atoms with Gasteiger partial charge in [-0.1, -0.05) is 72.8 Å². The van der Waals surface area contributed by atoms with Gasteiger partial charge in [-0.15, -0.1) is 0 Å². The third-order valence-electron chi connectivity index (χ3n) is 6.25. The molecule has 4 aromatic rings. The van der Waals surface area contributed by atoms with Gasteiger partial charge in [-0.3, -0.25) is 9.69 Å². The number of amides is 1. The van der Waals surface area contributed by atoms with Crippen molar-refractivity contribution in [2.45, 2.75) is 13.5 Å². The molecule has 0 atom stereocenters. The molecule has 5 nitrogen and oxygen atoms in total. The van der Waals surface area contributed by atoms with Gasteiger partial charge in [-0.05, 0) is 18.1 Å². The topological polar surface area (TPSA) is 41.6 Å². The fraction of sp³-hybridized carbons (Fsp3) is 0.250. The van der Waals surface area contributed by atoms with E-state index in [9.17, 15) is 4.79 Å². The summed E-state index contributed by atoms with van der Waals surface area (Å²) in [6, 6.07) is 24.5. The maximum atomic E-state index is 13.5. The number of benzene rings is 2. The molecule has 1 fully saturated rings. The van der Waals surface area contributed by atoms with Crippen LogP contribution in [0.1, 0.15) is 27.4 Å². The summed E-state index contributed by atoms with van der Waals surface area (Å²) < 4.78 is 7.95. The summed E-state index contributed by atoms with van der Waals surface area (Å²) in [5.41, 5.74) is 4.83. The fourth-order valence-corrected chi connectivity index (χ4v) is 4.48. The Kier molecular flexibility index (Phi) is 6.13. The predicted octanol–water partition coefficient (Wildman–Crippen LogP) is 5.06. The van der Waals surface area contributed by atoms with Crippen LogP contribution in [0.2, 0.25) is 0 Å². The van der Waals surface area contributed by atoms with Crippen LogP contribution < -0.4 is 0 Å². The Morgan fingerprint density at radius 1 is 0.939 bits per heavy atom. The molecule has 0 saturated carbocycles. The van der Waals surface area contributed by atoms with Gasteiger partial charge in [0.15, 0.2) is 5.58 Å². The summed E-state index contributed by atoms with van der Waals surface area (Å²) in [4.78, 5) is 17.9. The Morgan fingerprint density at radius 2 is 1.64 bits per heavy atom. The average Bonchev–Trinajstić information content (AvgIpc) is 3.37. The number of nitrogens with zero attached hydrogens (tertiary/aromatic N) is 3. The molecule has 168 valence electrons. The smallest absolute Gasteiger partial charge is 0.270 e. The Morgan fingerprint density at radius 3 is 2.36 bits per heavy atom. The van der Waals surface area contributed by atoms with E-state index in [0.29, 0.717) is 12.2 Å². The zero-order chi connectivity index (χ0) is 22.6. The summed E-state index contributed by atoms with van der Waals surface area (Å²) in [6.45, 7) is 6.70. The van der Waals surface area contributed by atoms with Gasteiger partial charge < -0.3 is 13.9 Å². The molecule has 0 N–H and O–H groups in total. The largest absolute Gasteiger partial charge is 0.460 e. The van der Waals surface area contributed by atoms with Crippen LogP contribution in [0.3, 0.4) is 0 Å². The van der Waals surface area contributed by atoms with Gasteiger partial charge in [-0.2, -0.15) is 0 Å². The average molecular weight is 440 g/mol. The van der Waals surface area contributed by atoms with Crippen molar-refractivity contribution in [1.82, 2.24) is 14.4 Å². The lowest BCUT2D eigenvalue weighted by molar-refractivity contribution is 0.0640. The van der Waals surface area contributed by atoms with Gasteiger partial charge in [0.1, 0.15) is 11.5 Å².